The lowest BCUT2D eigenvalue weighted by molar-refractivity contribution is -0.118. The summed E-state index contributed by atoms with van der Waals surface area (Å²) >= 11 is 0. The quantitative estimate of drug-likeness (QED) is 0.161. The van der Waals surface area contributed by atoms with Crippen LogP contribution in [0.15, 0.2) is 42.9 Å². The van der Waals surface area contributed by atoms with E-state index in [0.717, 1.165) is 59.7 Å². The molecule has 0 radical (unpaired) electrons. The van der Waals surface area contributed by atoms with Crippen molar-refractivity contribution in [3.63, 3.8) is 0 Å². The molecule has 6 rings (SSSR count). The lowest BCUT2D eigenvalue weighted by Gasteiger charge is -2.16. The number of benzene rings is 1. The van der Waals surface area contributed by atoms with Crippen LogP contribution >= 0.6 is 0 Å². The molecule has 42 heavy (non-hydrogen) atoms. The first-order valence-electron chi connectivity index (χ1n) is 14.8. The average molecular weight is 574 g/mol. The van der Waals surface area contributed by atoms with Crippen molar-refractivity contribution in [3.8, 4) is 11.5 Å². The Kier molecular flexibility index (Phi) is 8.04. The summed E-state index contributed by atoms with van der Waals surface area (Å²) in [4.78, 5) is 26.8. The van der Waals surface area contributed by atoms with E-state index in [1.807, 2.05) is 14.0 Å². The van der Waals surface area contributed by atoms with E-state index < -0.39 is 12.6 Å². The second kappa shape index (κ2) is 12.0. The van der Waals surface area contributed by atoms with Gasteiger partial charge in [0.15, 0.2) is 11.5 Å². The van der Waals surface area contributed by atoms with Crippen LogP contribution in [0.1, 0.15) is 42.5 Å². The first-order valence-corrected chi connectivity index (χ1v) is 14.8. The Morgan fingerprint density at radius 3 is 2.71 bits per heavy atom. The molecule has 0 atom stereocenters. The van der Waals surface area contributed by atoms with E-state index >= 15 is 0 Å². The van der Waals surface area contributed by atoms with Crippen LogP contribution in [0.5, 0.6) is 0 Å². The van der Waals surface area contributed by atoms with Crippen molar-refractivity contribution in [2.24, 2.45) is 13.0 Å². The van der Waals surface area contributed by atoms with E-state index in [-0.39, 0.29) is 0 Å². The molecule has 8 nitrogen and oxygen atoms in total. The number of rotatable bonds is 14. The number of aryl methyl sites for hydroxylation is 4. The van der Waals surface area contributed by atoms with Crippen LogP contribution in [0.25, 0.3) is 33.6 Å². The number of hydrogen-bond donors (Lipinski definition) is 0. The zero-order valence-electron chi connectivity index (χ0n) is 24.3. The number of hydrogen-bond acceptors (Lipinski definition) is 4. The molecule has 4 aromatic heterocycles. The second-order valence-electron chi connectivity index (χ2n) is 11.5. The van der Waals surface area contributed by atoms with Gasteiger partial charge in [-0.15, -0.1) is 0 Å². The minimum Gasteiger partial charge on any atom is -0.345 e. The Morgan fingerprint density at radius 1 is 1.12 bits per heavy atom. The third-order valence-corrected chi connectivity index (χ3v) is 8.34. The first kappa shape index (κ1) is 28.1. The molecule has 0 N–H and O–H groups in total. The van der Waals surface area contributed by atoms with Crippen LogP contribution in [0, 0.1) is 18.8 Å². The number of carbonyl (C=O) groups is 1. The van der Waals surface area contributed by atoms with Crippen molar-refractivity contribution in [2.45, 2.75) is 58.5 Å². The van der Waals surface area contributed by atoms with Gasteiger partial charge in [-0.1, -0.05) is 18.2 Å². The van der Waals surface area contributed by atoms with Crippen LogP contribution in [0.4, 0.5) is 8.78 Å². The highest BCUT2D eigenvalue weighted by atomic mass is 19.1. The summed E-state index contributed by atoms with van der Waals surface area (Å²) in [6, 6.07) is 10.8. The fourth-order valence-electron chi connectivity index (χ4n) is 5.90. The van der Waals surface area contributed by atoms with Crippen LogP contribution in [0.2, 0.25) is 0 Å². The number of pyridine rings is 1. The molecule has 0 bridgehead atoms. The third kappa shape index (κ3) is 5.80. The lowest BCUT2D eigenvalue weighted by atomic mass is 10.1. The maximum Gasteiger partial charge on any atom is 0.230 e. The molecule has 10 heteroatoms. The van der Waals surface area contributed by atoms with Gasteiger partial charge in [-0.2, -0.15) is 4.39 Å². The largest absolute Gasteiger partial charge is 0.345 e. The number of alkyl halides is 1. The van der Waals surface area contributed by atoms with Crippen molar-refractivity contribution >= 4 is 28.5 Å². The zero-order chi connectivity index (χ0) is 29.2. The molecule has 0 saturated heterocycles. The van der Waals surface area contributed by atoms with E-state index in [1.54, 1.807) is 15.8 Å². The molecule has 0 aliphatic heterocycles. The van der Waals surface area contributed by atoms with Crippen molar-refractivity contribution in [1.29, 1.82) is 0 Å². The third-order valence-electron chi connectivity index (χ3n) is 8.34. The normalized spacial score (nSPS) is 13.4. The second-order valence-corrected chi connectivity index (χ2v) is 11.5. The summed E-state index contributed by atoms with van der Waals surface area (Å²) in [6.07, 6.45) is 8.95. The van der Waals surface area contributed by atoms with Crippen molar-refractivity contribution in [1.82, 2.24) is 33.6 Å². The highest BCUT2D eigenvalue weighted by Gasteiger charge is 2.26. The van der Waals surface area contributed by atoms with Gasteiger partial charge in [-0.05, 0) is 68.2 Å². The first-order chi connectivity index (χ1) is 20.4. The van der Waals surface area contributed by atoms with Gasteiger partial charge in [-0.25, -0.2) is 15.0 Å². The highest BCUT2D eigenvalue weighted by Crippen LogP contribution is 2.37. The van der Waals surface area contributed by atoms with Gasteiger partial charge in [0.2, 0.25) is 12.4 Å². The molecule has 1 aliphatic carbocycles. The van der Waals surface area contributed by atoms with Gasteiger partial charge in [0.25, 0.3) is 0 Å². The molecule has 0 unspecified atom stereocenters. The molecule has 1 aromatic carbocycles. The van der Waals surface area contributed by atoms with Crippen molar-refractivity contribution in [2.75, 3.05) is 19.8 Å². The van der Waals surface area contributed by atoms with Gasteiger partial charge >= 0.3 is 0 Å². The van der Waals surface area contributed by atoms with Gasteiger partial charge in [0.05, 0.1) is 30.4 Å². The van der Waals surface area contributed by atoms with Crippen LogP contribution in [-0.4, -0.2) is 59.7 Å². The monoisotopic (exact) mass is 573 g/mol. The van der Waals surface area contributed by atoms with Gasteiger partial charge in [0, 0.05) is 50.7 Å². The smallest absolute Gasteiger partial charge is 0.230 e. The Hall–Kier alpha value is -4.08. The Balaban J connectivity index is 1.33. The summed E-state index contributed by atoms with van der Waals surface area (Å²) in [5.74, 6) is 1.10. The minimum atomic E-state index is -0.448. The van der Waals surface area contributed by atoms with Crippen LogP contribution < -0.4 is 0 Å². The zero-order valence-corrected chi connectivity index (χ0v) is 24.3. The Labute approximate surface area is 244 Å². The minimum absolute atomic E-state index is 0.344. The maximum absolute atomic E-state index is 13.3. The summed E-state index contributed by atoms with van der Waals surface area (Å²) in [7, 11) is 2.01. The standard InChI is InChI=1S/C32H37F2N7O/c1-22-16-27-31(36-26(22)11-15-39(21-42)14-5-12-33)38(2)32(37-27)28-17-25-7-3-6-24(30(25)41(28)18-23-9-10-23)8-4-13-40-19-29(34)35-20-40/h3,6-7,16-17,19-21,23H,4-5,8-15,18H2,1-2H3. The molecule has 4 heterocycles. The molecular formula is C32H37F2N7O. The number of para-hydroxylation sites is 1. The molecule has 0 spiro atoms. The van der Waals surface area contributed by atoms with E-state index in [2.05, 4.69) is 44.5 Å². The molecule has 1 saturated carbocycles. The van der Waals surface area contributed by atoms with Gasteiger partial charge in [0.1, 0.15) is 5.52 Å². The lowest BCUT2D eigenvalue weighted by Crippen LogP contribution is -2.26. The van der Waals surface area contributed by atoms with Gasteiger partial charge < -0.3 is 18.6 Å². The Bertz CT molecular complexity index is 1720. The molecule has 1 aliphatic rings. The number of carbonyl (C=O) groups excluding carboxylic acids is 1. The van der Waals surface area contributed by atoms with Crippen LogP contribution in [0.3, 0.4) is 0 Å². The molecule has 1 amide bonds. The SMILES string of the molecule is Cc1cc2nc(-c3cc4cccc(CCCn5cnc(F)c5)c4n3CC3CC3)n(C)c2nc1CCN(C=O)CCCF. The van der Waals surface area contributed by atoms with E-state index in [9.17, 15) is 13.6 Å². The predicted molar refractivity (Wildman–Crippen MR) is 159 cm³/mol. The van der Waals surface area contributed by atoms with E-state index in [1.165, 1.54) is 35.5 Å². The fourth-order valence-corrected chi connectivity index (χ4v) is 5.90. The summed E-state index contributed by atoms with van der Waals surface area (Å²) < 4.78 is 32.3. The predicted octanol–water partition coefficient (Wildman–Crippen LogP) is 5.64. The van der Waals surface area contributed by atoms with Crippen molar-refractivity contribution < 1.29 is 13.6 Å². The van der Waals surface area contributed by atoms with Crippen LogP contribution in [-0.2, 0) is 37.8 Å². The number of halogens is 2. The number of aromatic nitrogens is 6. The molecule has 220 valence electrons. The van der Waals surface area contributed by atoms with Crippen molar-refractivity contribution in [3.05, 3.63) is 65.6 Å². The number of fused-ring (bicyclic) bond motifs is 2. The fraction of sp³-hybridized carbons (Fsp3) is 0.438. The molecule has 5 aromatic rings. The molecular weight excluding hydrogens is 536 g/mol. The summed E-state index contributed by atoms with van der Waals surface area (Å²) in [5, 5.41) is 1.19. The van der Waals surface area contributed by atoms with Gasteiger partial charge in [-0.3, -0.25) is 9.18 Å². The number of amides is 1. The van der Waals surface area contributed by atoms with E-state index in [4.69, 9.17) is 9.97 Å². The maximum atomic E-state index is 13.3. The number of nitrogens with zero attached hydrogens (tertiary/aromatic N) is 7. The average Bonchev–Trinajstić information content (AvgIpc) is 3.47. The van der Waals surface area contributed by atoms with E-state index in [0.29, 0.717) is 38.4 Å². The topological polar surface area (TPSA) is 73.8 Å². The summed E-state index contributed by atoms with van der Waals surface area (Å²) in [5.41, 5.74) is 7.21. The number of imidazole rings is 2. The highest BCUT2D eigenvalue weighted by molar-refractivity contribution is 5.90. The summed E-state index contributed by atoms with van der Waals surface area (Å²) in [6.45, 7) is 4.16. The molecule has 1 fully saturated rings. The Morgan fingerprint density at radius 2 is 1.98 bits per heavy atom.